The summed E-state index contributed by atoms with van der Waals surface area (Å²) in [4.78, 5) is 3.72. The molecule has 0 aromatic heterocycles. The van der Waals surface area contributed by atoms with Gasteiger partial charge in [-0.1, -0.05) is 38.5 Å². The van der Waals surface area contributed by atoms with Crippen LogP contribution in [0.2, 0.25) is 0 Å². The number of rotatable bonds is 5. The lowest BCUT2D eigenvalue weighted by Crippen LogP contribution is -2.41. The van der Waals surface area contributed by atoms with E-state index in [4.69, 9.17) is 0 Å². The average Bonchev–Trinajstić information content (AvgIpc) is 2.73. The number of benzene rings is 1. The molecule has 1 saturated heterocycles. The highest BCUT2D eigenvalue weighted by Crippen LogP contribution is 2.32. The SMILES string of the molecule is CCC(C)S(=O)c1ccc(C(C)=C2CCN(C3CCC(C)CC3)CC2)cc1. The van der Waals surface area contributed by atoms with Crippen LogP contribution in [0, 0.1) is 5.92 Å². The second-order valence-corrected chi connectivity index (χ2v) is 10.6. The lowest BCUT2D eigenvalue weighted by Gasteiger charge is -2.39. The predicted molar refractivity (Wildman–Crippen MR) is 117 cm³/mol. The van der Waals surface area contributed by atoms with Crippen LogP contribution in [-0.4, -0.2) is 33.5 Å². The van der Waals surface area contributed by atoms with Crippen LogP contribution in [0.5, 0.6) is 0 Å². The van der Waals surface area contributed by atoms with Crippen LogP contribution < -0.4 is 0 Å². The first-order valence-electron chi connectivity index (χ1n) is 10.9. The van der Waals surface area contributed by atoms with Crippen molar-refractivity contribution in [3.05, 3.63) is 35.4 Å². The highest BCUT2D eigenvalue weighted by Gasteiger charge is 2.26. The molecule has 1 aromatic carbocycles. The Kier molecular flexibility index (Phi) is 7.33. The number of likely N-dealkylation sites (tertiary alicyclic amines) is 1. The van der Waals surface area contributed by atoms with Crippen molar-refractivity contribution >= 4 is 16.4 Å². The summed E-state index contributed by atoms with van der Waals surface area (Å²) in [5.74, 6) is 0.932. The monoisotopic (exact) mass is 387 g/mol. The van der Waals surface area contributed by atoms with Gasteiger partial charge in [0.2, 0.25) is 0 Å². The molecular formula is C24H37NOS. The normalized spacial score (nSPS) is 26.6. The summed E-state index contributed by atoms with van der Waals surface area (Å²) in [5.41, 5.74) is 4.36. The van der Waals surface area contributed by atoms with Crippen molar-refractivity contribution in [1.82, 2.24) is 4.90 Å². The molecule has 2 unspecified atom stereocenters. The van der Waals surface area contributed by atoms with E-state index in [0.717, 1.165) is 23.3 Å². The molecule has 1 aromatic rings. The summed E-state index contributed by atoms with van der Waals surface area (Å²) in [6.45, 7) is 11.3. The molecule has 1 aliphatic carbocycles. The minimum Gasteiger partial charge on any atom is -0.300 e. The lowest BCUT2D eigenvalue weighted by atomic mass is 9.85. The van der Waals surface area contributed by atoms with Gasteiger partial charge in [0.25, 0.3) is 0 Å². The molecule has 0 N–H and O–H groups in total. The van der Waals surface area contributed by atoms with Gasteiger partial charge in [-0.05, 0) is 81.1 Å². The smallest absolute Gasteiger partial charge is 0.0557 e. The summed E-state index contributed by atoms with van der Waals surface area (Å²) in [6, 6.07) is 9.32. The number of nitrogens with zero attached hydrogens (tertiary/aromatic N) is 1. The van der Waals surface area contributed by atoms with Crippen molar-refractivity contribution in [1.29, 1.82) is 0 Å². The Balaban J connectivity index is 1.61. The van der Waals surface area contributed by atoms with Crippen molar-refractivity contribution in [3.63, 3.8) is 0 Å². The topological polar surface area (TPSA) is 20.3 Å². The van der Waals surface area contributed by atoms with Crippen molar-refractivity contribution in [3.8, 4) is 0 Å². The Labute approximate surface area is 168 Å². The fraction of sp³-hybridized carbons (Fsp3) is 0.667. The van der Waals surface area contributed by atoms with Crippen molar-refractivity contribution in [2.45, 2.75) is 88.8 Å². The molecule has 0 amide bonds. The zero-order valence-corrected chi connectivity index (χ0v) is 18.5. The molecule has 1 saturated carbocycles. The van der Waals surface area contributed by atoms with Gasteiger partial charge in [0, 0.05) is 29.3 Å². The third kappa shape index (κ3) is 5.12. The van der Waals surface area contributed by atoms with E-state index in [0.29, 0.717) is 0 Å². The first kappa shape index (κ1) is 20.8. The van der Waals surface area contributed by atoms with Gasteiger partial charge in [0.1, 0.15) is 0 Å². The Morgan fingerprint density at radius 2 is 1.70 bits per heavy atom. The fourth-order valence-corrected chi connectivity index (χ4v) is 5.74. The first-order chi connectivity index (χ1) is 13.0. The van der Waals surface area contributed by atoms with Gasteiger partial charge >= 0.3 is 0 Å². The van der Waals surface area contributed by atoms with Gasteiger partial charge in [0.15, 0.2) is 0 Å². The molecule has 2 fully saturated rings. The maximum Gasteiger partial charge on any atom is 0.0557 e. The van der Waals surface area contributed by atoms with Crippen LogP contribution in [0.1, 0.15) is 78.2 Å². The molecule has 0 bridgehead atoms. The number of piperidine rings is 1. The van der Waals surface area contributed by atoms with Crippen molar-refractivity contribution in [2.24, 2.45) is 5.92 Å². The standard InChI is InChI=1S/C24H37NOS/c1-5-19(3)27(26)24-12-8-21(9-13-24)20(4)22-14-16-25(17-15-22)23-10-6-18(2)7-11-23/h8-9,12-13,18-19,23H,5-7,10-11,14-17H2,1-4H3. The molecule has 27 heavy (non-hydrogen) atoms. The van der Waals surface area contributed by atoms with Crippen LogP contribution in [0.15, 0.2) is 34.7 Å². The molecule has 2 atom stereocenters. The number of allylic oxidation sites excluding steroid dienone is 1. The molecule has 2 aliphatic rings. The zero-order valence-electron chi connectivity index (χ0n) is 17.7. The third-order valence-electron chi connectivity index (χ3n) is 6.89. The van der Waals surface area contributed by atoms with Crippen LogP contribution in [0.3, 0.4) is 0 Å². The van der Waals surface area contributed by atoms with E-state index >= 15 is 0 Å². The Morgan fingerprint density at radius 1 is 1.11 bits per heavy atom. The zero-order chi connectivity index (χ0) is 19.4. The van der Waals surface area contributed by atoms with Gasteiger partial charge in [-0.3, -0.25) is 9.11 Å². The molecule has 0 radical (unpaired) electrons. The van der Waals surface area contributed by atoms with E-state index in [1.807, 2.05) is 0 Å². The second-order valence-electron chi connectivity index (χ2n) is 8.72. The number of hydrogen-bond acceptors (Lipinski definition) is 2. The van der Waals surface area contributed by atoms with Crippen molar-refractivity contribution in [2.75, 3.05) is 13.1 Å². The molecule has 1 heterocycles. The molecule has 150 valence electrons. The van der Waals surface area contributed by atoms with Crippen molar-refractivity contribution < 1.29 is 4.21 Å². The van der Waals surface area contributed by atoms with Crippen LogP contribution >= 0.6 is 0 Å². The van der Waals surface area contributed by atoms with Gasteiger partial charge in [-0.15, -0.1) is 0 Å². The van der Waals surface area contributed by atoms with E-state index in [1.54, 1.807) is 5.57 Å². The average molecular weight is 388 g/mol. The minimum atomic E-state index is -0.888. The Bertz CT molecular complexity index is 660. The molecule has 3 rings (SSSR count). The highest BCUT2D eigenvalue weighted by molar-refractivity contribution is 7.85. The van der Waals surface area contributed by atoms with Crippen LogP contribution in [-0.2, 0) is 10.8 Å². The summed E-state index contributed by atoms with van der Waals surface area (Å²) in [6.07, 6.45) is 8.98. The second kappa shape index (κ2) is 9.52. The molecule has 0 spiro atoms. The first-order valence-corrected chi connectivity index (χ1v) is 12.1. The van der Waals surface area contributed by atoms with Crippen LogP contribution in [0.25, 0.3) is 5.57 Å². The van der Waals surface area contributed by atoms with E-state index < -0.39 is 10.8 Å². The largest absolute Gasteiger partial charge is 0.300 e. The van der Waals surface area contributed by atoms with E-state index in [2.05, 4.69) is 56.9 Å². The van der Waals surface area contributed by atoms with Gasteiger partial charge in [-0.25, -0.2) is 0 Å². The minimum absolute atomic E-state index is 0.224. The highest BCUT2D eigenvalue weighted by atomic mass is 32.2. The molecule has 2 nitrogen and oxygen atoms in total. The maximum absolute atomic E-state index is 12.5. The third-order valence-corrected chi connectivity index (χ3v) is 8.69. The number of hydrogen-bond donors (Lipinski definition) is 0. The maximum atomic E-state index is 12.5. The van der Waals surface area contributed by atoms with E-state index in [-0.39, 0.29) is 5.25 Å². The molecule has 3 heteroatoms. The lowest BCUT2D eigenvalue weighted by molar-refractivity contribution is 0.131. The Morgan fingerprint density at radius 3 is 2.26 bits per heavy atom. The Hall–Kier alpha value is -0.930. The summed E-state index contributed by atoms with van der Waals surface area (Å²) in [7, 11) is -0.888. The summed E-state index contributed by atoms with van der Waals surface area (Å²) in [5, 5.41) is 0.224. The van der Waals surface area contributed by atoms with E-state index in [9.17, 15) is 4.21 Å². The van der Waals surface area contributed by atoms with Crippen LogP contribution in [0.4, 0.5) is 0 Å². The van der Waals surface area contributed by atoms with Gasteiger partial charge in [-0.2, -0.15) is 0 Å². The predicted octanol–water partition coefficient (Wildman–Crippen LogP) is 6.04. The van der Waals surface area contributed by atoms with Gasteiger partial charge < -0.3 is 0 Å². The summed E-state index contributed by atoms with van der Waals surface area (Å²) < 4.78 is 12.5. The van der Waals surface area contributed by atoms with Gasteiger partial charge in [0.05, 0.1) is 10.8 Å². The quantitative estimate of drug-likeness (QED) is 0.614. The van der Waals surface area contributed by atoms with E-state index in [1.165, 1.54) is 62.8 Å². The summed E-state index contributed by atoms with van der Waals surface area (Å²) >= 11 is 0. The fourth-order valence-electron chi connectivity index (χ4n) is 4.57. The molecule has 1 aliphatic heterocycles. The molecular weight excluding hydrogens is 350 g/mol.